The van der Waals surface area contributed by atoms with Crippen LogP contribution in [0.25, 0.3) is 0 Å². The highest BCUT2D eigenvalue weighted by molar-refractivity contribution is 7.89. The fourth-order valence-corrected chi connectivity index (χ4v) is 4.65. The lowest BCUT2D eigenvalue weighted by atomic mass is 10.1. The number of hydrogen-bond donors (Lipinski definition) is 0. The second-order valence-electron chi connectivity index (χ2n) is 6.32. The van der Waals surface area contributed by atoms with Gasteiger partial charge in [0.1, 0.15) is 17.7 Å². The number of nitrogens with zero attached hydrogens (tertiary/aromatic N) is 3. The van der Waals surface area contributed by atoms with Crippen molar-refractivity contribution in [1.82, 2.24) is 14.3 Å². The summed E-state index contributed by atoms with van der Waals surface area (Å²) < 4.78 is 38.6. The van der Waals surface area contributed by atoms with Gasteiger partial charge in [-0.2, -0.15) is 9.29 Å². The first kappa shape index (κ1) is 18.6. The number of aromatic nitrogens is 2. The van der Waals surface area contributed by atoms with Gasteiger partial charge in [-0.3, -0.25) is 0 Å². The SMILES string of the molecule is COc1ccc(S(=O)(=O)N2CCCC(Oc3ccnc(C)n3)C2)cc1C. The van der Waals surface area contributed by atoms with Crippen molar-refractivity contribution in [1.29, 1.82) is 0 Å². The van der Waals surface area contributed by atoms with E-state index in [-0.39, 0.29) is 11.0 Å². The van der Waals surface area contributed by atoms with Crippen molar-refractivity contribution in [2.75, 3.05) is 20.2 Å². The van der Waals surface area contributed by atoms with Crippen molar-refractivity contribution in [3.63, 3.8) is 0 Å². The molecule has 1 aliphatic rings. The van der Waals surface area contributed by atoms with E-state index in [0.717, 1.165) is 18.4 Å². The van der Waals surface area contributed by atoms with Gasteiger partial charge < -0.3 is 9.47 Å². The van der Waals surface area contributed by atoms with Crippen LogP contribution in [0, 0.1) is 13.8 Å². The van der Waals surface area contributed by atoms with Crippen molar-refractivity contribution < 1.29 is 17.9 Å². The number of ether oxygens (including phenoxy) is 2. The Bertz CT molecular complexity index is 886. The third-order valence-corrected chi connectivity index (χ3v) is 6.24. The lowest BCUT2D eigenvalue weighted by Crippen LogP contribution is -2.44. The van der Waals surface area contributed by atoms with E-state index in [2.05, 4.69) is 9.97 Å². The van der Waals surface area contributed by atoms with Crippen LogP contribution in [0.3, 0.4) is 0 Å². The molecule has 0 radical (unpaired) electrons. The highest BCUT2D eigenvalue weighted by Crippen LogP contribution is 2.26. The molecule has 1 aromatic carbocycles. The molecule has 0 bridgehead atoms. The quantitative estimate of drug-likeness (QED) is 0.795. The highest BCUT2D eigenvalue weighted by Gasteiger charge is 2.31. The normalized spacial score (nSPS) is 18.5. The van der Waals surface area contributed by atoms with Crippen molar-refractivity contribution in [3.8, 4) is 11.6 Å². The zero-order valence-corrected chi connectivity index (χ0v) is 16.0. The molecule has 1 atom stereocenters. The molecule has 7 nitrogen and oxygen atoms in total. The Morgan fingerprint density at radius 3 is 2.73 bits per heavy atom. The molecule has 1 unspecified atom stereocenters. The molecule has 3 rings (SSSR count). The van der Waals surface area contributed by atoms with Crippen LogP contribution in [0.15, 0.2) is 35.4 Å². The lowest BCUT2D eigenvalue weighted by molar-refractivity contribution is 0.124. The van der Waals surface area contributed by atoms with Crippen molar-refractivity contribution in [2.24, 2.45) is 0 Å². The Balaban J connectivity index is 1.76. The summed E-state index contributed by atoms with van der Waals surface area (Å²) >= 11 is 0. The van der Waals surface area contributed by atoms with Gasteiger partial charge in [0.05, 0.1) is 18.6 Å². The maximum atomic E-state index is 13.0. The molecule has 1 aliphatic heterocycles. The first-order valence-electron chi connectivity index (χ1n) is 8.51. The molecular formula is C18H23N3O4S. The number of benzene rings is 1. The van der Waals surface area contributed by atoms with E-state index in [4.69, 9.17) is 9.47 Å². The van der Waals surface area contributed by atoms with Crippen LogP contribution in [0.4, 0.5) is 0 Å². The number of sulfonamides is 1. The minimum Gasteiger partial charge on any atom is -0.496 e. The zero-order chi connectivity index (χ0) is 18.7. The van der Waals surface area contributed by atoms with E-state index >= 15 is 0 Å². The Morgan fingerprint density at radius 1 is 1.23 bits per heavy atom. The maximum absolute atomic E-state index is 13.0. The molecule has 0 spiro atoms. The Morgan fingerprint density at radius 2 is 2.04 bits per heavy atom. The minimum absolute atomic E-state index is 0.229. The molecule has 2 aromatic rings. The molecule has 8 heteroatoms. The molecule has 0 aliphatic carbocycles. The number of methoxy groups -OCH3 is 1. The molecule has 1 fully saturated rings. The zero-order valence-electron chi connectivity index (χ0n) is 15.2. The summed E-state index contributed by atoms with van der Waals surface area (Å²) in [5.74, 6) is 1.77. The summed E-state index contributed by atoms with van der Waals surface area (Å²) in [6, 6.07) is 6.60. The van der Waals surface area contributed by atoms with Gasteiger partial charge in [-0.15, -0.1) is 0 Å². The summed E-state index contributed by atoms with van der Waals surface area (Å²) in [6.07, 6.45) is 2.93. The monoisotopic (exact) mass is 377 g/mol. The van der Waals surface area contributed by atoms with Crippen LogP contribution in [0.5, 0.6) is 11.6 Å². The van der Waals surface area contributed by atoms with Crippen LogP contribution < -0.4 is 9.47 Å². The maximum Gasteiger partial charge on any atom is 0.243 e. The Hall–Kier alpha value is -2.19. The standard InChI is InChI=1S/C18H23N3O4S/c1-13-11-16(6-7-17(13)24-3)26(22,23)21-10-4-5-15(12-21)25-18-8-9-19-14(2)20-18/h6-9,11,15H,4-5,10,12H2,1-3H3. The summed E-state index contributed by atoms with van der Waals surface area (Å²) in [5.41, 5.74) is 0.787. The average Bonchev–Trinajstić information content (AvgIpc) is 2.62. The minimum atomic E-state index is -3.58. The fourth-order valence-electron chi connectivity index (χ4n) is 3.05. The summed E-state index contributed by atoms with van der Waals surface area (Å²) in [5, 5.41) is 0. The lowest BCUT2D eigenvalue weighted by Gasteiger charge is -2.32. The second kappa shape index (κ2) is 7.59. The third kappa shape index (κ3) is 3.96. The molecular weight excluding hydrogens is 354 g/mol. The number of piperidine rings is 1. The second-order valence-corrected chi connectivity index (χ2v) is 8.26. The van der Waals surface area contributed by atoms with Crippen LogP contribution in [-0.2, 0) is 10.0 Å². The van der Waals surface area contributed by atoms with E-state index in [0.29, 0.717) is 30.5 Å². The Labute approximate surface area is 154 Å². The summed E-state index contributed by atoms with van der Waals surface area (Å²) in [4.78, 5) is 8.54. The molecule has 26 heavy (non-hydrogen) atoms. The van der Waals surface area contributed by atoms with Crippen molar-refractivity contribution >= 4 is 10.0 Å². The van der Waals surface area contributed by atoms with Gasteiger partial charge in [-0.05, 0) is 50.5 Å². The predicted octanol–water partition coefficient (Wildman–Crippen LogP) is 2.33. The van der Waals surface area contributed by atoms with E-state index in [1.165, 1.54) is 4.31 Å². The average molecular weight is 377 g/mol. The third-order valence-electron chi connectivity index (χ3n) is 4.38. The summed E-state index contributed by atoms with van der Waals surface area (Å²) in [6.45, 7) is 4.40. The molecule has 0 N–H and O–H groups in total. The van der Waals surface area contributed by atoms with Gasteiger partial charge in [0, 0.05) is 18.8 Å². The molecule has 0 amide bonds. The number of aryl methyl sites for hydroxylation is 2. The van der Waals surface area contributed by atoms with E-state index in [9.17, 15) is 8.42 Å². The molecule has 2 heterocycles. The highest BCUT2D eigenvalue weighted by atomic mass is 32.2. The van der Waals surface area contributed by atoms with Crippen LogP contribution in [-0.4, -0.2) is 49.0 Å². The van der Waals surface area contributed by atoms with E-state index in [1.54, 1.807) is 44.5 Å². The topological polar surface area (TPSA) is 81.6 Å². The largest absolute Gasteiger partial charge is 0.496 e. The van der Waals surface area contributed by atoms with Gasteiger partial charge in [0.2, 0.25) is 15.9 Å². The van der Waals surface area contributed by atoms with Crippen LogP contribution in [0.1, 0.15) is 24.2 Å². The van der Waals surface area contributed by atoms with Crippen LogP contribution >= 0.6 is 0 Å². The first-order chi connectivity index (χ1) is 12.4. The number of rotatable bonds is 5. The fraction of sp³-hybridized carbons (Fsp3) is 0.444. The van der Waals surface area contributed by atoms with Crippen LogP contribution in [0.2, 0.25) is 0 Å². The van der Waals surface area contributed by atoms with E-state index < -0.39 is 10.0 Å². The molecule has 1 aromatic heterocycles. The summed E-state index contributed by atoms with van der Waals surface area (Å²) in [7, 11) is -2.01. The van der Waals surface area contributed by atoms with Gasteiger partial charge in [-0.1, -0.05) is 0 Å². The molecule has 1 saturated heterocycles. The van der Waals surface area contributed by atoms with Gasteiger partial charge in [0.15, 0.2) is 0 Å². The van der Waals surface area contributed by atoms with Crippen molar-refractivity contribution in [3.05, 3.63) is 41.9 Å². The molecule has 0 saturated carbocycles. The Kier molecular flexibility index (Phi) is 5.43. The smallest absolute Gasteiger partial charge is 0.243 e. The van der Waals surface area contributed by atoms with Gasteiger partial charge >= 0.3 is 0 Å². The molecule has 140 valence electrons. The van der Waals surface area contributed by atoms with Gasteiger partial charge in [-0.25, -0.2) is 13.4 Å². The predicted molar refractivity (Wildman–Crippen MR) is 96.9 cm³/mol. The van der Waals surface area contributed by atoms with Gasteiger partial charge in [0.25, 0.3) is 0 Å². The number of hydrogen-bond acceptors (Lipinski definition) is 6. The van der Waals surface area contributed by atoms with Crippen molar-refractivity contribution in [2.45, 2.75) is 37.7 Å². The first-order valence-corrected chi connectivity index (χ1v) is 9.95. The van der Waals surface area contributed by atoms with E-state index in [1.807, 2.05) is 6.92 Å².